The van der Waals surface area contributed by atoms with Crippen molar-refractivity contribution in [1.29, 1.82) is 0 Å². The summed E-state index contributed by atoms with van der Waals surface area (Å²) < 4.78 is 18.1. The first-order valence-electron chi connectivity index (χ1n) is 11.0. The Balaban J connectivity index is 1.35. The highest BCUT2D eigenvalue weighted by atomic mass is 16.6. The van der Waals surface area contributed by atoms with Crippen molar-refractivity contribution in [2.45, 2.75) is 50.9 Å². The quantitative estimate of drug-likeness (QED) is 0.660. The Morgan fingerprint density at radius 3 is 2.78 bits per heavy atom. The van der Waals surface area contributed by atoms with Gasteiger partial charge in [-0.25, -0.2) is 9.78 Å². The molecule has 1 amide bonds. The minimum Gasteiger partial charge on any atom is -0.488 e. The second-order valence-corrected chi connectivity index (χ2v) is 9.59. The molecule has 1 aromatic carbocycles. The number of carbonyl (C=O) groups is 1. The molecule has 2 aliphatic rings. The lowest BCUT2D eigenvalue weighted by Crippen LogP contribution is -2.54. The summed E-state index contributed by atoms with van der Waals surface area (Å²) in [5.74, 6) is 0.648. The van der Waals surface area contributed by atoms with Crippen LogP contribution in [0.25, 0.3) is 22.2 Å². The van der Waals surface area contributed by atoms with Gasteiger partial charge in [0.05, 0.1) is 24.2 Å². The number of morpholine rings is 1. The molecule has 5 rings (SSSR count). The average Bonchev–Trinajstić information content (AvgIpc) is 3.25. The van der Waals surface area contributed by atoms with Gasteiger partial charge in [0.1, 0.15) is 29.6 Å². The number of aromatic amines is 1. The summed E-state index contributed by atoms with van der Waals surface area (Å²) in [5.41, 5.74) is 2.71. The summed E-state index contributed by atoms with van der Waals surface area (Å²) in [6.45, 7) is 6.93. The maximum absolute atomic E-state index is 12.7. The van der Waals surface area contributed by atoms with Crippen molar-refractivity contribution < 1.29 is 19.0 Å². The van der Waals surface area contributed by atoms with E-state index in [1.807, 2.05) is 51.4 Å². The summed E-state index contributed by atoms with van der Waals surface area (Å²) in [4.78, 5) is 26.4. The molecule has 1 saturated carbocycles. The van der Waals surface area contributed by atoms with Crippen LogP contribution in [0.1, 0.15) is 33.6 Å². The van der Waals surface area contributed by atoms with Gasteiger partial charge in [0.2, 0.25) is 0 Å². The molecule has 2 fully saturated rings. The molecule has 1 N–H and O–H groups in total. The van der Waals surface area contributed by atoms with Crippen LogP contribution in [0.4, 0.5) is 4.79 Å². The fourth-order valence-corrected chi connectivity index (χ4v) is 4.06. The number of rotatable bonds is 4. The highest BCUT2D eigenvalue weighted by Gasteiger charge is 2.51. The van der Waals surface area contributed by atoms with E-state index in [4.69, 9.17) is 14.2 Å². The van der Waals surface area contributed by atoms with Crippen LogP contribution in [0.2, 0.25) is 0 Å². The van der Waals surface area contributed by atoms with Crippen LogP contribution in [0, 0.1) is 0 Å². The number of hydrogen-bond acceptors (Lipinski definition) is 6. The smallest absolute Gasteiger partial charge is 0.410 e. The van der Waals surface area contributed by atoms with Gasteiger partial charge in [-0.3, -0.25) is 4.98 Å². The van der Waals surface area contributed by atoms with Gasteiger partial charge in [-0.2, -0.15) is 0 Å². The zero-order valence-electron chi connectivity index (χ0n) is 18.6. The van der Waals surface area contributed by atoms with E-state index in [1.54, 1.807) is 17.3 Å². The van der Waals surface area contributed by atoms with Gasteiger partial charge < -0.3 is 24.1 Å². The van der Waals surface area contributed by atoms with Crippen LogP contribution in [0.15, 0.2) is 43.0 Å². The molecule has 168 valence electrons. The molecule has 8 nitrogen and oxygen atoms in total. The molecule has 1 saturated heterocycles. The van der Waals surface area contributed by atoms with Crippen molar-refractivity contribution in [2.75, 3.05) is 19.7 Å². The highest BCUT2D eigenvalue weighted by molar-refractivity contribution is 5.86. The van der Waals surface area contributed by atoms with Crippen molar-refractivity contribution in [1.82, 2.24) is 19.9 Å². The number of benzene rings is 1. The number of nitrogens with one attached hydrogen (secondary N) is 1. The van der Waals surface area contributed by atoms with Gasteiger partial charge >= 0.3 is 6.09 Å². The van der Waals surface area contributed by atoms with Crippen molar-refractivity contribution >= 4 is 17.1 Å². The number of carbonyl (C=O) groups excluding carboxylic acids is 1. The Bertz CT molecular complexity index is 1120. The molecule has 32 heavy (non-hydrogen) atoms. The van der Waals surface area contributed by atoms with Gasteiger partial charge in [0, 0.05) is 24.8 Å². The number of fused-ring (bicyclic) bond motifs is 1. The molecule has 8 heteroatoms. The van der Waals surface area contributed by atoms with E-state index in [2.05, 4.69) is 15.0 Å². The molecule has 2 aromatic heterocycles. The van der Waals surface area contributed by atoms with Gasteiger partial charge in [0.25, 0.3) is 0 Å². The second kappa shape index (κ2) is 7.78. The molecule has 3 aromatic rings. The Morgan fingerprint density at radius 1 is 1.25 bits per heavy atom. The van der Waals surface area contributed by atoms with E-state index in [9.17, 15) is 4.79 Å². The van der Waals surface area contributed by atoms with E-state index in [-0.39, 0.29) is 17.8 Å². The first-order chi connectivity index (χ1) is 15.3. The molecule has 1 aliphatic heterocycles. The molecule has 1 atom stereocenters. The molecule has 0 radical (unpaired) electrons. The Kier molecular flexibility index (Phi) is 5.04. The fraction of sp³-hybridized carbons (Fsp3) is 0.458. The van der Waals surface area contributed by atoms with Gasteiger partial charge in [-0.1, -0.05) is 0 Å². The van der Waals surface area contributed by atoms with E-state index in [1.165, 1.54) is 0 Å². The molecule has 0 bridgehead atoms. The fourth-order valence-electron chi connectivity index (χ4n) is 4.06. The molecule has 0 unspecified atom stereocenters. The lowest BCUT2D eigenvalue weighted by atomic mass is 10.1. The van der Waals surface area contributed by atoms with E-state index in [0.29, 0.717) is 31.0 Å². The Labute approximate surface area is 186 Å². The number of hydrogen-bond donors (Lipinski definition) is 1. The lowest BCUT2D eigenvalue weighted by molar-refractivity contribution is -0.113. The summed E-state index contributed by atoms with van der Waals surface area (Å²) in [7, 11) is 0. The predicted octanol–water partition coefficient (Wildman–Crippen LogP) is 4.17. The van der Waals surface area contributed by atoms with Crippen LogP contribution in [-0.2, 0) is 9.47 Å². The van der Waals surface area contributed by atoms with Crippen molar-refractivity contribution in [3.63, 3.8) is 0 Å². The SMILES string of the molecule is CC(C)(C)OC(=O)N1C[C@@H](COc2cc(-c3cc[nH]c3)cc3nccnc23)OC2(CC2)C1. The number of aromatic nitrogens is 3. The zero-order valence-corrected chi connectivity index (χ0v) is 18.6. The number of amides is 1. The second-order valence-electron chi connectivity index (χ2n) is 9.59. The normalized spacial score (nSPS) is 19.8. The molecular formula is C24H28N4O4. The van der Waals surface area contributed by atoms with Crippen molar-refractivity contribution in [3.8, 4) is 16.9 Å². The number of H-pyrrole nitrogens is 1. The van der Waals surface area contributed by atoms with Crippen LogP contribution in [0.3, 0.4) is 0 Å². The topological polar surface area (TPSA) is 89.6 Å². The first-order valence-corrected chi connectivity index (χ1v) is 11.0. The Hall–Kier alpha value is -3.13. The zero-order chi connectivity index (χ0) is 22.3. The number of ether oxygens (including phenoxy) is 3. The van der Waals surface area contributed by atoms with Crippen LogP contribution in [0.5, 0.6) is 5.75 Å². The van der Waals surface area contributed by atoms with E-state index < -0.39 is 5.60 Å². The maximum atomic E-state index is 12.7. The average molecular weight is 437 g/mol. The first kappa shape index (κ1) is 20.8. The summed E-state index contributed by atoms with van der Waals surface area (Å²) in [6.07, 6.45) is 8.48. The third kappa shape index (κ3) is 4.41. The summed E-state index contributed by atoms with van der Waals surface area (Å²) in [6, 6.07) is 5.97. The van der Waals surface area contributed by atoms with E-state index in [0.717, 1.165) is 29.5 Å². The summed E-state index contributed by atoms with van der Waals surface area (Å²) in [5, 5.41) is 0. The van der Waals surface area contributed by atoms with Crippen LogP contribution < -0.4 is 4.74 Å². The van der Waals surface area contributed by atoms with Gasteiger partial charge in [0.15, 0.2) is 0 Å². The largest absolute Gasteiger partial charge is 0.488 e. The van der Waals surface area contributed by atoms with Crippen molar-refractivity contribution in [2.24, 2.45) is 0 Å². The van der Waals surface area contributed by atoms with Crippen LogP contribution in [-0.4, -0.2) is 62.9 Å². The van der Waals surface area contributed by atoms with Crippen LogP contribution >= 0.6 is 0 Å². The van der Waals surface area contributed by atoms with Gasteiger partial charge in [-0.05, 0) is 62.9 Å². The highest BCUT2D eigenvalue weighted by Crippen LogP contribution is 2.44. The maximum Gasteiger partial charge on any atom is 0.410 e. The third-order valence-corrected chi connectivity index (χ3v) is 5.67. The molecular weight excluding hydrogens is 408 g/mol. The lowest BCUT2D eigenvalue weighted by Gasteiger charge is -2.39. The minimum absolute atomic E-state index is 0.249. The molecule has 3 heterocycles. The molecule has 1 aliphatic carbocycles. The Morgan fingerprint density at radius 2 is 2.06 bits per heavy atom. The monoisotopic (exact) mass is 436 g/mol. The number of nitrogens with zero attached hydrogens (tertiary/aromatic N) is 3. The predicted molar refractivity (Wildman–Crippen MR) is 119 cm³/mol. The third-order valence-electron chi connectivity index (χ3n) is 5.67. The minimum atomic E-state index is -0.533. The standard InChI is InChI=1S/C24H28N4O4/c1-23(2,3)32-22(29)28-13-18(31-24(15-28)5-6-24)14-30-20-11-17(16-4-7-25-12-16)10-19-21(20)27-9-8-26-19/h4,7-12,18,25H,5-6,13-15H2,1-3H3/t18-/m0/s1. The molecule has 1 spiro atoms. The van der Waals surface area contributed by atoms with Gasteiger partial charge in [-0.15, -0.1) is 0 Å². The summed E-state index contributed by atoms with van der Waals surface area (Å²) >= 11 is 0. The van der Waals surface area contributed by atoms with Crippen molar-refractivity contribution in [3.05, 3.63) is 43.0 Å². The van der Waals surface area contributed by atoms with E-state index >= 15 is 0 Å².